The van der Waals surface area contributed by atoms with E-state index in [1.807, 2.05) is 60.7 Å². The molecule has 39 heavy (non-hydrogen) atoms. The molecule has 0 aliphatic carbocycles. The maximum atomic E-state index is 12.7. The summed E-state index contributed by atoms with van der Waals surface area (Å²) < 4.78 is 5.83. The van der Waals surface area contributed by atoms with Crippen molar-refractivity contribution in [3.8, 4) is 17.6 Å². The molecular weight excluding hydrogens is 516 g/mol. The van der Waals surface area contributed by atoms with Crippen LogP contribution in [0.1, 0.15) is 27.9 Å². The number of hydrogen-bond acceptors (Lipinski definition) is 6. The third-order valence-electron chi connectivity index (χ3n) is 5.72. The van der Waals surface area contributed by atoms with Crippen LogP contribution < -0.4 is 10.5 Å². The molecule has 0 heterocycles. The first-order valence-corrected chi connectivity index (χ1v) is 12.3. The summed E-state index contributed by atoms with van der Waals surface area (Å²) in [6.45, 7) is 0.700. The van der Waals surface area contributed by atoms with E-state index in [1.54, 1.807) is 11.0 Å². The molecule has 0 radical (unpaired) electrons. The number of halogens is 1. The Morgan fingerprint density at radius 2 is 1.72 bits per heavy atom. The monoisotopic (exact) mass is 542 g/mol. The molecule has 0 unspecified atom stereocenters. The van der Waals surface area contributed by atoms with Crippen LogP contribution in [-0.4, -0.2) is 41.2 Å². The number of hydrogen-bond donors (Lipinski definition) is 3. The third-order valence-corrected chi connectivity index (χ3v) is 6.02. The number of nitriles is 1. The summed E-state index contributed by atoms with van der Waals surface area (Å²) in [4.78, 5) is 24.9. The quantitative estimate of drug-likeness (QED) is 0.246. The first-order chi connectivity index (χ1) is 18.8. The molecule has 0 atom stereocenters. The number of primary amides is 1. The lowest BCUT2D eigenvalue weighted by Crippen LogP contribution is -2.35. The van der Waals surface area contributed by atoms with E-state index in [9.17, 15) is 9.59 Å². The summed E-state index contributed by atoms with van der Waals surface area (Å²) >= 11 is 5.50. The molecule has 0 spiro atoms. The van der Waals surface area contributed by atoms with Crippen LogP contribution in [0.4, 0.5) is 0 Å². The number of rotatable bonds is 9. The number of nitrogens with one attached hydrogen (secondary N) is 1. The van der Waals surface area contributed by atoms with E-state index in [0.29, 0.717) is 18.8 Å². The molecule has 0 aliphatic heterocycles. The van der Waals surface area contributed by atoms with E-state index in [1.165, 1.54) is 24.4 Å². The fourth-order valence-corrected chi connectivity index (χ4v) is 3.90. The number of aromatic hydroxyl groups is 1. The van der Waals surface area contributed by atoms with Gasteiger partial charge in [0.2, 0.25) is 5.91 Å². The second-order valence-electron chi connectivity index (χ2n) is 8.37. The number of amides is 2. The number of carbonyl (C=O) groups excluding carboxylic acids is 2. The van der Waals surface area contributed by atoms with Crippen molar-refractivity contribution in [1.29, 1.82) is 10.7 Å². The Morgan fingerprint density at radius 1 is 1.03 bits per heavy atom. The highest BCUT2D eigenvalue weighted by Crippen LogP contribution is 2.28. The molecule has 198 valence electrons. The van der Waals surface area contributed by atoms with Crippen LogP contribution in [0.15, 0.2) is 84.9 Å². The van der Waals surface area contributed by atoms with Crippen molar-refractivity contribution >= 4 is 40.4 Å². The SMILES string of the molecule is N#CCCN(Cc1ccccc1)C(=O)COc1ccc(C=N)c2ccccc12.NC(=O)c1ccc(O)c(Cl)c1. The number of ether oxygens (including phenoxy) is 1. The molecule has 2 amide bonds. The smallest absolute Gasteiger partial charge is 0.260 e. The molecule has 0 saturated heterocycles. The molecule has 0 fully saturated rings. The second kappa shape index (κ2) is 14.2. The van der Waals surface area contributed by atoms with Crippen molar-refractivity contribution in [2.75, 3.05) is 13.2 Å². The largest absolute Gasteiger partial charge is 0.506 e. The highest BCUT2D eigenvalue weighted by atomic mass is 35.5. The lowest BCUT2D eigenvalue weighted by Gasteiger charge is -2.22. The topological polar surface area (TPSA) is 140 Å². The molecule has 0 saturated carbocycles. The Kier molecular flexibility index (Phi) is 10.4. The lowest BCUT2D eigenvalue weighted by atomic mass is 10.0. The molecule has 4 aromatic carbocycles. The van der Waals surface area contributed by atoms with Gasteiger partial charge in [0.15, 0.2) is 6.61 Å². The van der Waals surface area contributed by atoms with Gasteiger partial charge in [-0.25, -0.2) is 0 Å². The van der Waals surface area contributed by atoms with E-state index in [4.69, 9.17) is 37.8 Å². The van der Waals surface area contributed by atoms with Crippen LogP contribution >= 0.6 is 11.6 Å². The fourth-order valence-electron chi connectivity index (χ4n) is 3.72. The number of carbonyl (C=O) groups is 2. The van der Waals surface area contributed by atoms with Gasteiger partial charge in [0.25, 0.3) is 5.91 Å². The van der Waals surface area contributed by atoms with Gasteiger partial charge < -0.3 is 25.9 Å². The number of benzene rings is 4. The van der Waals surface area contributed by atoms with Gasteiger partial charge in [0.1, 0.15) is 11.5 Å². The van der Waals surface area contributed by atoms with E-state index in [2.05, 4.69) is 6.07 Å². The zero-order valence-electron chi connectivity index (χ0n) is 21.0. The van der Waals surface area contributed by atoms with Gasteiger partial charge in [0.05, 0.1) is 17.5 Å². The van der Waals surface area contributed by atoms with Crippen molar-refractivity contribution in [1.82, 2.24) is 4.90 Å². The summed E-state index contributed by atoms with van der Waals surface area (Å²) in [6.07, 6.45) is 1.58. The summed E-state index contributed by atoms with van der Waals surface area (Å²) in [5, 5.41) is 27.3. The normalized spacial score (nSPS) is 10.1. The first-order valence-electron chi connectivity index (χ1n) is 12.0. The molecule has 4 rings (SSSR count). The lowest BCUT2D eigenvalue weighted by molar-refractivity contribution is -0.133. The minimum absolute atomic E-state index is 0.0586. The zero-order valence-corrected chi connectivity index (χ0v) is 21.8. The van der Waals surface area contributed by atoms with Gasteiger partial charge in [-0.1, -0.05) is 66.2 Å². The van der Waals surface area contributed by atoms with Gasteiger partial charge in [0, 0.05) is 35.8 Å². The number of fused-ring (bicyclic) bond motifs is 1. The van der Waals surface area contributed by atoms with Crippen LogP contribution in [0.25, 0.3) is 10.8 Å². The van der Waals surface area contributed by atoms with Crippen LogP contribution in [0, 0.1) is 16.7 Å². The molecule has 4 N–H and O–H groups in total. The number of nitrogens with zero attached hydrogens (tertiary/aromatic N) is 2. The minimum atomic E-state index is -0.563. The molecule has 0 aliphatic rings. The zero-order chi connectivity index (χ0) is 28.2. The first kappa shape index (κ1) is 28.7. The van der Waals surface area contributed by atoms with Crippen molar-refractivity contribution in [3.63, 3.8) is 0 Å². The van der Waals surface area contributed by atoms with E-state index in [0.717, 1.165) is 21.9 Å². The highest BCUT2D eigenvalue weighted by Gasteiger charge is 2.16. The molecule has 4 aromatic rings. The Labute approximate surface area is 231 Å². The maximum absolute atomic E-state index is 12.7. The predicted octanol–water partition coefficient (Wildman–Crippen LogP) is 5.30. The van der Waals surface area contributed by atoms with E-state index in [-0.39, 0.29) is 35.3 Å². The number of nitrogens with two attached hydrogens (primary N) is 1. The van der Waals surface area contributed by atoms with E-state index >= 15 is 0 Å². The minimum Gasteiger partial charge on any atom is -0.506 e. The Bertz CT molecular complexity index is 1500. The molecule has 9 heteroatoms. The highest BCUT2D eigenvalue weighted by molar-refractivity contribution is 6.32. The summed E-state index contributed by atoms with van der Waals surface area (Å²) in [7, 11) is 0. The Balaban J connectivity index is 0.000000320. The van der Waals surface area contributed by atoms with Crippen LogP contribution in [0.3, 0.4) is 0 Å². The van der Waals surface area contributed by atoms with Gasteiger partial charge in [-0.2, -0.15) is 5.26 Å². The molecular formula is C30H27ClN4O4. The number of phenols is 1. The van der Waals surface area contributed by atoms with Crippen LogP contribution in [-0.2, 0) is 11.3 Å². The third kappa shape index (κ3) is 8.06. The predicted molar refractivity (Wildman–Crippen MR) is 151 cm³/mol. The standard InChI is InChI=1S/C23H21N3O2.C7H6ClNO2/c24-13-6-14-26(16-18-7-2-1-3-8-18)23(27)17-28-22-12-11-19(15-25)20-9-4-5-10-21(20)22;8-5-3-4(7(9)11)1-2-6(5)10/h1-5,7-12,15,25H,6,14,16-17H2;1-3,10H,(H2,9,11). The second-order valence-corrected chi connectivity index (χ2v) is 8.78. The van der Waals surface area contributed by atoms with Crippen molar-refractivity contribution in [3.05, 3.63) is 107 Å². The van der Waals surface area contributed by atoms with Crippen LogP contribution in [0.2, 0.25) is 5.02 Å². The summed E-state index contributed by atoms with van der Waals surface area (Å²) in [5.41, 5.74) is 7.05. The molecule has 8 nitrogen and oxygen atoms in total. The van der Waals surface area contributed by atoms with Gasteiger partial charge >= 0.3 is 0 Å². The average Bonchev–Trinajstić information content (AvgIpc) is 2.96. The van der Waals surface area contributed by atoms with Gasteiger partial charge in [-0.05, 0) is 41.3 Å². The average molecular weight is 543 g/mol. The van der Waals surface area contributed by atoms with Crippen molar-refractivity contribution < 1.29 is 19.4 Å². The maximum Gasteiger partial charge on any atom is 0.260 e. The number of phenolic OH excluding ortho intramolecular Hbond substituents is 1. The Morgan fingerprint density at radius 3 is 2.36 bits per heavy atom. The fraction of sp³-hybridized carbons (Fsp3) is 0.133. The van der Waals surface area contributed by atoms with Gasteiger partial charge in [-0.15, -0.1) is 0 Å². The van der Waals surface area contributed by atoms with Crippen molar-refractivity contribution in [2.24, 2.45) is 5.73 Å². The van der Waals surface area contributed by atoms with E-state index < -0.39 is 5.91 Å². The van der Waals surface area contributed by atoms with Gasteiger partial charge in [-0.3, -0.25) is 9.59 Å². The molecule has 0 bridgehead atoms. The molecule has 0 aromatic heterocycles. The summed E-state index contributed by atoms with van der Waals surface area (Å²) in [6, 6.07) is 27.1. The van der Waals surface area contributed by atoms with Crippen molar-refractivity contribution in [2.45, 2.75) is 13.0 Å². The van der Waals surface area contributed by atoms with Crippen LogP contribution in [0.5, 0.6) is 11.5 Å². The Hall–Kier alpha value is -4.87. The summed E-state index contributed by atoms with van der Waals surface area (Å²) in [5.74, 6) is -0.183.